The van der Waals surface area contributed by atoms with Gasteiger partial charge in [-0.25, -0.2) is 13.2 Å². The molecule has 1 saturated carbocycles. The minimum Gasteiger partial charge on any atom is -0.206 e. The fraction of sp³-hybridized carbons (Fsp3) is 0.714. The summed E-state index contributed by atoms with van der Waals surface area (Å²) in [7, 11) is -0.429. The van der Waals surface area contributed by atoms with E-state index in [-0.39, 0.29) is 0 Å². The lowest BCUT2D eigenvalue weighted by atomic mass is 9.73. The van der Waals surface area contributed by atoms with Crippen LogP contribution in [0.25, 0.3) is 5.83 Å². The first-order valence-corrected chi connectivity index (χ1v) is 16.0. The lowest BCUT2D eigenvalue weighted by Gasteiger charge is -2.37. The smallest absolute Gasteiger partial charge is 0.206 e. The molecule has 0 atom stereocenters. The Kier molecular flexibility index (Phi) is 11.1. The first-order valence-electron chi connectivity index (χ1n) is 13.6. The molecule has 0 amide bonds. The van der Waals surface area contributed by atoms with Gasteiger partial charge in [0.2, 0.25) is 5.83 Å². The molecule has 0 aromatic heterocycles. The molecule has 1 aliphatic heterocycles. The molecule has 34 heavy (non-hydrogen) atoms. The molecule has 0 nitrogen and oxygen atoms in total. The van der Waals surface area contributed by atoms with Gasteiger partial charge in [-0.2, -0.15) is 8.78 Å². The molecule has 1 aromatic carbocycles. The van der Waals surface area contributed by atoms with Crippen LogP contribution >= 0.6 is 0 Å². The monoisotopic (exact) mass is 500 g/mol. The van der Waals surface area contributed by atoms with Crippen molar-refractivity contribution in [3.8, 4) is 0 Å². The second-order valence-electron chi connectivity index (χ2n) is 10.8. The van der Waals surface area contributed by atoms with Crippen LogP contribution in [0.15, 0.2) is 18.2 Å². The van der Waals surface area contributed by atoms with E-state index in [2.05, 4.69) is 6.92 Å². The molecule has 0 unspecified atom stereocenters. The van der Waals surface area contributed by atoms with Crippen LogP contribution in [0.4, 0.5) is 22.0 Å². The van der Waals surface area contributed by atoms with Crippen molar-refractivity contribution in [3.05, 3.63) is 41.0 Å². The van der Waals surface area contributed by atoms with Crippen molar-refractivity contribution in [2.75, 3.05) is 0 Å². The molecule has 2 aliphatic rings. The summed E-state index contributed by atoms with van der Waals surface area (Å²) in [5, 5.41) is 0. The molecule has 0 radical (unpaired) electrons. The second kappa shape index (κ2) is 13.8. The van der Waals surface area contributed by atoms with Crippen molar-refractivity contribution < 1.29 is 22.0 Å². The molecular weight excluding hydrogens is 459 g/mol. The summed E-state index contributed by atoms with van der Waals surface area (Å²) in [5.41, 5.74) is -0.879. The lowest BCUT2D eigenvalue weighted by molar-refractivity contribution is 0.184. The Morgan fingerprint density at radius 1 is 0.824 bits per heavy atom. The van der Waals surface area contributed by atoms with Gasteiger partial charge in [-0.1, -0.05) is 82.8 Å². The van der Waals surface area contributed by atoms with E-state index in [0.717, 1.165) is 49.1 Å². The van der Waals surface area contributed by atoms with Crippen molar-refractivity contribution in [1.29, 1.82) is 0 Å². The van der Waals surface area contributed by atoms with Crippen molar-refractivity contribution >= 4 is 14.6 Å². The molecule has 3 rings (SSSR count). The lowest BCUT2D eigenvalue weighted by Crippen LogP contribution is -2.28. The summed E-state index contributed by atoms with van der Waals surface area (Å²) >= 11 is 0. The maximum Gasteiger partial charge on any atom is 0.306 e. The number of aryl methyl sites for hydroxylation is 1. The third kappa shape index (κ3) is 7.92. The number of unbranched alkanes of at least 4 members (excludes halogenated alkanes) is 3. The zero-order valence-corrected chi connectivity index (χ0v) is 21.8. The summed E-state index contributed by atoms with van der Waals surface area (Å²) in [5.74, 6) is -2.02. The van der Waals surface area contributed by atoms with Crippen LogP contribution in [0, 0.1) is 29.4 Å². The summed E-state index contributed by atoms with van der Waals surface area (Å²) in [6.07, 6.45) is 13.2. The van der Waals surface area contributed by atoms with Crippen molar-refractivity contribution in [1.82, 2.24) is 0 Å². The van der Waals surface area contributed by atoms with E-state index in [1.54, 1.807) is 18.1 Å². The predicted octanol–water partition coefficient (Wildman–Crippen LogP) is 9.85. The van der Waals surface area contributed by atoms with Crippen molar-refractivity contribution in [2.45, 2.75) is 109 Å². The summed E-state index contributed by atoms with van der Waals surface area (Å²) in [6, 6.07) is 6.67. The normalized spacial score (nSPS) is 25.4. The van der Waals surface area contributed by atoms with Crippen LogP contribution in [0.3, 0.4) is 0 Å². The second-order valence-corrected chi connectivity index (χ2v) is 14.3. The molecule has 2 fully saturated rings. The maximum absolute atomic E-state index is 14.0. The molecule has 0 spiro atoms. The van der Waals surface area contributed by atoms with Crippen LogP contribution in [0.2, 0.25) is 18.1 Å². The van der Waals surface area contributed by atoms with E-state index in [9.17, 15) is 22.0 Å². The highest BCUT2D eigenvalue weighted by atomic mass is 28.3. The first kappa shape index (κ1) is 27.4. The average molecular weight is 501 g/mol. The Labute approximate surface area is 204 Å². The van der Waals surface area contributed by atoms with Gasteiger partial charge in [0.25, 0.3) is 0 Å². The van der Waals surface area contributed by atoms with Crippen molar-refractivity contribution in [3.63, 3.8) is 0 Å². The molecule has 6 heteroatoms. The van der Waals surface area contributed by atoms with Gasteiger partial charge in [0.1, 0.15) is 11.6 Å². The fourth-order valence-electron chi connectivity index (χ4n) is 6.42. The van der Waals surface area contributed by atoms with E-state index in [0.29, 0.717) is 12.0 Å². The van der Waals surface area contributed by atoms with Gasteiger partial charge in [0, 0.05) is 8.80 Å². The molecule has 0 N–H and O–H groups in total. The Morgan fingerprint density at radius 2 is 1.44 bits per heavy atom. The zero-order chi connectivity index (χ0) is 24.5. The topological polar surface area (TPSA) is 0 Å². The minimum atomic E-state index is -2.71. The number of benzene rings is 1. The van der Waals surface area contributed by atoms with E-state index in [1.165, 1.54) is 57.8 Å². The number of hydrogen-bond acceptors (Lipinski definition) is 0. The van der Waals surface area contributed by atoms with Crippen LogP contribution in [-0.4, -0.2) is 8.80 Å². The Balaban J connectivity index is 1.33. The average Bonchev–Trinajstić information content (AvgIpc) is 2.82. The van der Waals surface area contributed by atoms with E-state index >= 15 is 0 Å². The van der Waals surface area contributed by atoms with Gasteiger partial charge in [-0.15, -0.1) is 0 Å². The quantitative estimate of drug-likeness (QED) is 0.161. The number of halogens is 5. The Morgan fingerprint density at radius 3 is 2.03 bits per heavy atom. The zero-order valence-electron chi connectivity index (χ0n) is 20.7. The molecule has 0 bridgehead atoms. The predicted molar refractivity (Wildman–Crippen MR) is 133 cm³/mol. The summed E-state index contributed by atoms with van der Waals surface area (Å²) in [6.45, 7) is 2.29. The van der Waals surface area contributed by atoms with E-state index in [1.807, 2.05) is 0 Å². The fourth-order valence-corrected chi connectivity index (χ4v) is 9.95. The van der Waals surface area contributed by atoms with Crippen molar-refractivity contribution in [2.24, 2.45) is 17.8 Å². The Hall–Kier alpha value is -1.17. The standard InChI is InChI=1S/C28H41F5Si/c1-2-3-6-15-34-16-13-23(14-17-34)22-11-9-20(10-12-22)7-4-5-8-21-18-24(29)26(25(30)19-21)27(31)28(32)33/h18-20,22-23,34H,2-17H2,1H3/t20-,22-,23?,34?. The molecule has 1 aromatic rings. The van der Waals surface area contributed by atoms with Crippen LogP contribution in [0.1, 0.15) is 95.1 Å². The molecule has 1 saturated heterocycles. The third-order valence-corrected chi connectivity index (χ3v) is 12.0. The van der Waals surface area contributed by atoms with Gasteiger partial charge in [-0.3, -0.25) is 0 Å². The highest BCUT2D eigenvalue weighted by Crippen LogP contribution is 2.42. The first-order chi connectivity index (χ1) is 16.4. The Bertz CT molecular complexity index is 765. The minimum absolute atomic E-state index is 0.392. The summed E-state index contributed by atoms with van der Waals surface area (Å²) in [4.78, 5) is 0. The van der Waals surface area contributed by atoms with Gasteiger partial charge in [0.05, 0.1) is 5.56 Å². The van der Waals surface area contributed by atoms with Crippen LogP contribution in [-0.2, 0) is 6.42 Å². The summed E-state index contributed by atoms with van der Waals surface area (Å²) < 4.78 is 66.0. The van der Waals surface area contributed by atoms with Gasteiger partial charge < -0.3 is 0 Å². The van der Waals surface area contributed by atoms with Crippen LogP contribution in [0.5, 0.6) is 0 Å². The molecular formula is C28H41F5Si. The largest absolute Gasteiger partial charge is 0.306 e. The maximum atomic E-state index is 14.0. The third-order valence-electron chi connectivity index (χ3n) is 8.48. The SMILES string of the molecule is CCCCC[SiH]1CCC([C@H]2CC[C@H](CCCCc3cc(F)c(C(F)=C(F)F)c(F)c3)CC2)CC1. The van der Waals surface area contributed by atoms with Gasteiger partial charge >= 0.3 is 6.08 Å². The van der Waals surface area contributed by atoms with E-state index < -0.39 is 37.9 Å². The molecule has 192 valence electrons. The number of rotatable bonds is 11. The highest BCUT2D eigenvalue weighted by Gasteiger charge is 2.31. The van der Waals surface area contributed by atoms with Gasteiger partial charge in [-0.05, 0) is 61.1 Å². The highest BCUT2D eigenvalue weighted by molar-refractivity contribution is 6.58. The molecule has 1 aliphatic carbocycles. The van der Waals surface area contributed by atoms with Gasteiger partial charge in [0.15, 0.2) is 0 Å². The molecule has 1 heterocycles. The number of hydrogen-bond donors (Lipinski definition) is 0. The van der Waals surface area contributed by atoms with Crippen LogP contribution < -0.4 is 0 Å². The van der Waals surface area contributed by atoms with E-state index in [4.69, 9.17) is 0 Å².